The van der Waals surface area contributed by atoms with Gasteiger partial charge in [0.25, 0.3) is 18.2 Å². The molecule has 4 aromatic heterocycles. The monoisotopic (exact) mass is 467 g/mol. The lowest BCUT2D eigenvalue weighted by Gasteiger charge is -2.32. The van der Waals surface area contributed by atoms with Crippen LogP contribution in [0.25, 0.3) is 27.8 Å². The highest BCUT2D eigenvalue weighted by Crippen LogP contribution is 2.29. The molecule has 5 rings (SSSR count). The van der Waals surface area contributed by atoms with E-state index in [1.165, 1.54) is 6.20 Å². The molecule has 0 atom stereocenters. The Hall–Kier alpha value is -3.86. The van der Waals surface area contributed by atoms with Gasteiger partial charge in [0, 0.05) is 61.3 Å². The third-order valence-electron chi connectivity index (χ3n) is 6.03. The first-order valence-electron chi connectivity index (χ1n) is 10.9. The lowest BCUT2D eigenvalue weighted by Crippen LogP contribution is -2.47. The normalized spacial score (nSPS) is 14.9. The zero-order valence-corrected chi connectivity index (χ0v) is 18.5. The molecule has 1 aliphatic rings. The Balaban J connectivity index is 1.48. The number of piperazine rings is 1. The van der Waals surface area contributed by atoms with E-state index in [0.717, 1.165) is 29.6 Å². The number of amides is 2. The van der Waals surface area contributed by atoms with Gasteiger partial charge in [0.05, 0.1) is 18.3 Å². The maximum atomic E-state index is 13.0. The molecule has 0 unspecified atom stereocenters. The first-order chi connectivity index (χ1) is 16.4. The first kappa shape index (κ1) is 22.0. The molecule has 5 heterocycles. The van der Waals surface area contributed by atoms with Gasteiger partial charge >= 0.3 is 0 Å². The van der Waals surface area contributed by atoms with Crippen LogP contribution in [-0.2, 0) is 0 Å². The average Bonchev–Trinajstić information content (AvgIpc) is 3.46. The second-order valence-electron chi connectivity index (χ2n) is 8.31. The van der Waals surface area contributed by atoms with Crippen LogP contribution in [0.4, 0.5) is 8.78 Å². The van der Waals surface area contributed by atoms with Crippen molar-refractivity contribution in [1.82, 2.24) is 34.5 Å². The Morgan fingerprint density at radius 3 is 2.71 bits per heavy atom. The van der Waals surface area contributed by atoms with Crippen LogP contribution in [0, 0.1) is 0 Å². The number of fused-ring (bicyclic) bond motifs is 2. The van der Waals surface area contributed by atoms with Gasteiger partial charge < -0.3 is 20.1 Å². The summed E-state index contributed by atoms with van der Waals surface area (Å²) in [6.45, 7) is 2.26. The topological polar surface area (TPSA) is 98.6 Å². The number of carbonyl (C=O) groups excluding carboxylic acids is 2. The molecule has 9 nitrogen and oxygen atoms in total. The molecule has 4 aromatic rings. The lowest BCUT2D eigenvalue weighted by molar-refractivity contribution is 0.0663. The number of hydrogen-bond acceptors (Lipinski definition) is 5. The van der Waals surface area contributed by atoms with Crippen LogP contribution < -0.4 is 5.32 Å². The van der Waals surface area contributed by atoms with Gasteiger partial charge in [-0.25, -0.2) is 18.7 Å². The van der Waals surface area contributed by atoms with Crippen LogP contribution in [0.5, 0.6) is 0 Å². The Labute approximate surface area is 193 Å². The van der Waals surface area contributed by atoms with Crippen LogP contribution in [0.2, 0.25) is 0 Å². The van der Waals surface area contributed by atoms with E-state index in [-0.39, 0.29) is 11.6 Å². The molecule has 1 saturated heterocycles. The van der Waals surface area contributed by atoms with E-state index >= 15 is 0 Å². The summed E-state index contributed by atoms with van der Waals surface area (Å²) in [6, 6.07) is 5.41. The number of likely N-dealkylation sites (N-methyl/N-ethyl adjacent to an activating group) is 1. The van der Waals surface area contributed by atoms with Crippen molar-refractivity contribution in [3.63, 3.8) is 0 Å². The summed E-state index contributed by atoms with van der Waals surface area (Å²) in [5, 5.41) is 2.97. The minimum Gasteiger partial charge on any atom is -0.346 e. The number of rotatable bonds is 5. The van der Waals surface area contributed by atoms with Crippen LogP contribution in [0.3, 0.4) is 0 Å². The molecular weight excluding hydrogens is 444 g/mol. The third kappa shape index (κ3) is 4.10. The van der Waals surface area contributed by atoms with Gasteiger partial charge in [0.1, 0.15) is 17.0 Å². The van der Waals surface area contributed by atoms with Gasteiger partial charge in [-0.05, 0) is 25.2 Å². The van der Waals surface area contributed by atoms with Crippen molar-refractivity contribution in [3.8, 4) is 11.1 Å². The molecule has 0 radical (unpaired) electrons. The summed E-state index contributed by atoms with van der Waals surface area (Å²) in [7, 11) is 2.03. The van der Waals surface area contributed by atoms with E-state index < -0.39 is 18.9 Å². The molecule has 0 bridgehead atoms. The maximum Gasteiger partial charge on any atom is 0.270 e. The molecule has 1 aliphatic heterocycles. The van der Waals surface area contributed by atoms with E-state index in [9.17, 15) is 18.4 Å². The zero-order chi connectivity index (χ0) is 23.8. The standard InChI is InChI=1S/C23H23F2N7O2/c1-30-4-6-31(7-5-30)23(34)15-8-16-17(10-28-21(16)27-9-15)14-2-3-20-26-11-18(32(20)13-14)22(33)29-12-19(24)25/h2-3,8-11,13,19H,4-7,12H2,1H3,(H,27,28)(H,29,33). The smallest absolute Gasteiger partial charge is 0.270 e. The van der Waals surface area contributed by atoms with Crippen molar-refractivity contribution in [2.75, 3.05) is 39.8 Å². The molecule has 0 aliphatic carbocycles. The molecule has 34 heavy (non-hydrogen) atoms. The number of nitrogens with one attached hydrogen (secondary N) is 2. The molecule has 0 saturated carbocycles. The molecule has 2 amide bonds. The fraction of sp³-hybridized carbons (Fsp3) is 0.304. The Morgan fingerprint density at radius 2 is 1.94 bits per heavy atom. The van der Waals surface area contributed by atoms with E-state index in [0.29, 0.717) is 29.9 Å². The van der Waals surface area contributed by atoms with Crippen molar-refractivity contribution >= 4 is 28.5 Å². The van der Waals surface area contributed by atoms with Gasteiger partial charge in [-0.2, -0.15) is 0 Å². The largest absolute Gasteiger partial charge is 0.346 e. The van der Waals surface area contributed by atoms with Gasteiger partial charge in [0.15, 0.2) is 0 Å². The number of pyridine rings is 2. The highest BCUT2D eigenvalue weighted by molar-refractivity contribution is 6.01. The van der Waals surface area contributed by atoms with E-state index in [1.807, 2.05) is 24.1 Å². The highest BCUT2D eigenvalue weighted by atomic mass is 19.3. The van der Waals surface area contributed by atoms with Crippen molar-refractivity contribution in [3.05, 3.63) is 54.2 Å². The Kier molecular flexibility index (Phi) is 5.70. The maximum absolute atomic E-state index is 13.0. The second kappa shape index (κ2) is 8.82. The molecule has 0 spiro atoms. The summed E-state index contributed by atoms with van der Waals surface area (Å²) >= 11 is 0. The van der Waals surface area contributed by atoms with Crippen LogP contribution >= 0.6 is 0 Å². The SMILES string of the molecule is CN1CCN(C(=O)c2cnc3[nH]cc(-c4ccc5ncc(C(=O)NCC(F)F)n5c4)c3c2)CC1. The van der Waals surface area contributed by atoms with Crippen molar-refractivity contribution in [2.24, 2.45) is 0 Å². The minimum atomic E-state index is -2.64. The number of nitrogens with zero attached hydrogens (tertiary/aromatic N) is 5. The number of H-pyrrole nitrogens is 1. The fourth-order valence-corrected chi connectivity index (χ4v) is 4.12. The molecule has 0 aromatic carbocycles. The average molecular weight is 467 g/mol. The summed E-state index contributed by atoms with van der Waals surface area (Å²) in [6.07, 6.45) is 3.80. The minimum absolute atomic E-state index is 0.0577. The molecule has 176 valence electrons. The Bertz CT molecular complexity index is 1370. The summed E-state index contributed by atoms with van der Waals surface area (Å²) < 4.78 is 26.6. The molecular formula is C23H23F2N7O2. The predicted molar refractivity (Wildman–Crippen MR) is 122 cm³/mol. The van der Waals surface area contributed by atoms with Crippen molar-refractivity contribution < 1.29 is 18.4 Å². The van der Waals surface area contributed by atoms with Crippen molar-refractivity contribution in [1.29, 1.82) is 0 Å². The quantitative estimate of drug-likeness (QED) is 0.469. The number of hydrogen-bond donors (Lipinski definition) is 2. The zero-order valence-electron chi connectivity index (χ0n) is 18.5. The third-order valence-corrected chi connectivity index (χ3v) is 6.03. The predicted octanol–water partition coefficient (Wildman–Crippen LogP) is 2.26. The summed E-state index contributed by atoms with van der Waals surface area (Å²) in [5.74, 6) is -0.691. The number of halogens is 2. The summed E-state index contributed by atoms with van der Waals surface area (Å²) in [4.78, 5) is 41.1. The van der Waals surface area contributed by atoms with E-state index in [4.69, 9.17) is 0 Å². The van der Waals surface area contributed by atoms with Crippen LogP contribution in [0.1, 0.15) is 20.8 Å². The van der Waals surface area contributed by atoms with Crippen LogP contribution in [0.15, 0.2) is 43.0 Å². The lowest BCUT2D eigenvalue weighted by atomic mass is 10.1. The number of aromatic amines is 1. The number of alkyl halides is 2. The molecule has 1 fully saturated rings. The first-order valence-corrected chi connectivity index (χ1v) is 10.9. The summed E-state index contributed by atoms with van der Waals surface area (Å²) in [5.41, 5.74) is 3.35. The van der Waals surface area contributed by atoms with Gasteiger partial charge in [-0.1, -0.05) is 0 Å². The molecule has 2 N–H and O–H groups in total. The number of imidazole rings is 1. The van der Waals surface area contributed by atoms with Gasteiger partial charge in [-0.15, -0.1) is 0 Å². The van der Waals surface area contributed by atoms with Gasteiger partial charge in [0.2, 0.25) is 0 Å². The molecule has 11 heteroatoms. The van der Waals surface area contributed by atoms with Crippen molar-refractivity contribution in [2.45, 2.75) is 6.43 Å². The number of carbonyl (C=O) groups is 2. The Morgan fingerprint density at radius 1 is 1.15 bits per heavy atom. The number of aromatic nitrogens is 4. The second-order valence-corrected chi connectivity index (χ2v) is 8.31. The van der Waals surface area contributed by atoms with Gasteiger partial charge in [-0.3, -0.25) is 14.0 Å². The van der Waals surface area contributed by atoms with Crippen LogP contribution in [-0.4, -0.2) is 87.2 Å². The van der Waals surface area contributed by atoms with E-state index in [1.54, 1.807) is 29.1 Å². The highest BCUT2D eigenvalue weighted by Gasteiger charge is 2.22. The van der Waals surface area contributed by atoms with E-state index in [2.05, 4.69) is 25.2 Å². The fourth-order valence-electron chi connectivity index (χ4n) is 4.12.